The molecule has 2 amide bonds. The Hall–Kier alpha value is -3.67. The Kier molecular flexibility index (Phi) is 10.0. The first kappa shape index (κ1) is 32.7. The Morgan fingerprint density at radius 3 is 2.64 bits per heavy atom. The third kappa shape index (κ3) is 7.10. The van der Waals surface area contributed by atoms with Crippen LogP contribution in [-0.2, 0) is 27.5 Å². The van der Waals surface area contributed by atoms with Gasteiger partial charge in [0.1, 0.15) is 0 Å². The molecule has 2 saturated heterocycles. The quantitative estimate of drug-likeness (QED) is 0.306. The van der Waals surface area contributed by atoms with Crippen molar-refractivity contribution < 1.29 is 34.1 Å². The monoisotopic (exact) mass is 622 g/mol. The highest BCUT2D eigenvalue weighted by Gasteiger charge is 2.48. The van der Waals surface area contributed by atoms with Crippen molar-refractivity contribution >= 4 is 23.5 Å². The molecule has 0 aromatic heterocycles. The van der Waals surface area contributed by atoms with Crippen LogP contribution in [0, 0.1) is 11.3 Å². The number of aliphatic hydroxyl groups is 1. The fourth-order valence-electron chi connectivity index (χ4n) is 7.13. The first-order valence-corrected chi connectivity index (χ1v) is 15.9. The lowest BCUT2D eigenvalue weighted by Crippen LogP contribution is -2.45. The first-order valence-electron chi connectivity index (χ1n) is 15.9. The van der Waals surface area contributed by atoms with E-state index in [2.05, 4.69) is 20.8 Å². The summed E-state index contributed by atoms with van der Waals surface area (Å²) < 4.78 is 11.2. The van der Waals surface area contributed by atoms with Gasteiger partial charge in [0, 0.05) is 62.4 Å². The molecule has 0 radical (unpaired) electrons. The van der Waals surface area contributed by atoms with Crippen molar-refractivity contribution in [1.82, 2.24) is 9.80 Å². The Morgan fingerprint density at radius 1 is 1.18 bits per heavy atom. The summed E-state index contributed by atoms with van der Waals surface area (Å²) in [6.45, 7) is 8.21. The standard InChI is InChI=1S/C34H46N4O7/c1-4-5-10-38(25-8-6-7-22(12-25)16-35)30(41)18-37-17-26(23-13-24(19-39)32-28(14-23)44-21-45-32)31(33(42)43)27(37)9-11-36-20-34(2,3)15-29(36)40/h6-8,12-14,26-27,31,39H,4-5,9-11,15-21,35H2,1-3H3,(H,42,43)/t26-,27+,31-/m1/s1. The molecule has 4 N–H and O–H groups in total. The van der Waals surface area contributed by atoms with Crippen molar-refractivity contribution in [3.05, 3.63) is 53.1 Å². The van der Waals surface area contributed by atoms with E-state index in [0.29, 0.717) is 68.2 Å². The van der Waals surface area contributed by atoms with Gasteiger partial charge in [-0.25, -0.2) is 0 Å². The summed E-state index contributed by atoms with van der Waals surface area (Å²) in [5, 5.41) is 20.7. The highest BCUT2D eigenvalue weighted by Crippen LogP contribution is 2.45. The van der Waals surface area contributed by atoms with Crippen molar-refractivity contribution in [3.63, 3.8) is 0 Å². The van der Waals surface area contributed by atoms with Crippen LogP contribution in [0.25, 0.3) is 0 Å². The fourth-order valence-corrected chi connectivity index (χ4v) is 7.13. The van der Waals surface area contributed by atoms with Crippen molar-refractivity contribution in [3.8, 4) is 11.5 Å². The zero-order valence-corrected chi connectivity index (χ0v) is 26.5. The van der Waals surface area contributed by atoms with E-state index in [1.54, 1.807) is 17.0 Å². The lowest BCUT2D eigenvalue weighted by atomic mass is 9.83. The minimum atomic E-state index is -0.963. The Morgan fingerprint density at radius 2 is 1.98 bits per heavy atom. The number of likely N-dealkylation sites (tertiary alicyclic amines) is 2. The van der Waals surface area contributed by atoms with Crippen LogP contribution >= 0.6 is 0 Å². The van der Waals surface area contributed by atoms with Gasteiger partial charge in [-0.1, -0.05) is 39.3 Å². The maximum atomic E-state index is 14.1. The van der Waals surface area contributed by atoms with E-state index in [-0.39, 0.29) is 37.2 Å². The number of aliphatic hydroxyl groups excluding tert-OH is 1. The summed E-state index contributed by atoms with van der Waals surface area (Å²) in [5.41, 5.74) is 8.70. The summed E-state index contributed by atoms with van der Waals surface area (Å²) in [7, 11) is 0. The lowest BCUT2D eigenvalue weighted by molar-refractivity contribution is -0.143. The number of anilines is 1. The number of carboxylic acid groups (broad SMARTS) is 1. The number of benzene rings is 2. The number of hydrogen-bond acceptors (Lipinski definition) is 8. The second-order valence-corrected chi connectivity index (χ2v) is 13.3. The number of carbonyl (C=O) groups is 3. The van der Waals surface area contributed by atoms with Crippen molar-refractivity contribution in [2.24, 2.45) is 17.1 Å². The van der Waals surface area contributed by atoms with Crippen LogP contribution in [0.3, 0.4) is 0 Å². The molecule has 5 rings (SSSR count). The molecule has 244 valence electrons. The highest BCUT2D eigenvalue weighted by atomic mass is 16.7. The lowest BCUT2D eigenvalue weighted by Gasteiger charge is -2.31. The van der Waals surface area contributed by atoms with Gasteiger partial charge in [-0.3, -0.25) is 19.3 Å². The van der Waals surface area contributed by atoms with E-state index >= 15 is 0 Å². The van der Waals surface area contributed by atoms with E-state index in [0.717, 1.165) is 24.1 Å². The molecule has 2 aromatic rings. The van der Waals surface area contributed by atoms with E-state index < -0.39 is 23.8 Å². The number of carboxylic acids is 1. The van der Waals surface area contributed by atoms with Crippen LogP contribution in [0.1, 0.15) is 69.1 Å². The van der Waals surface area contributed by atoms with Gasteiger partial charge < -0.3 is 35.2 Å². The summed E-state index contributed by atoms with van der Waals surface area (Å²) in [6, 6.07) is 10.7. The third-order valence-electron chi connectivity index (χ3n) is 9.33. The van der Waals surface area contributed by atoms with Gasteiger partial charge in [-0.05, 0) is 53.6 Å². The summed E-state index contributed by atoms with van der Waals surface area (Å²) in [6.07, 6.45) is 2.60. The van der Waals surface area contributed by atoms with Gasteiger partial charge in [-0.15, -0.1) is 0 Å². The molecule has 3 atom stereocenters. The SMILES string of the molecule is CCCCN(C(=O)CN1C[C@H](c2cc(CO)c3c(c2)OCO3)[C@@H](C(=O)O)[C@@H]1CCN1CC(C)(C)CC1=O)c1cccc(CN)c1. The number of amides is 2. The molecule has 0 spiro atoms. The minimum absolute atomic E-state index is 0.0262. The van der Waals surface area contributed by atoms with Crippen LogP contribution < -0.4 is 20.1 Å². The molecule has 3 aliphatic heterocycles. The van der Waals surface area contributed by atoms with Gasteiger partial charge in [0.2, 0.25) is 18.6 Å². The topological polar surface area (TPSA) is 146 Å². The number of fused-ring (bicyclic) bond motifs is 1. The van der Waals surface area contributed by atoms with Gasteiger partial charge in [0.15, 0.2) is 11.5 Å². The maximum Gasteiger partial charge on any atom is 0.308 e. The summed E-state index contributed by atoms with van der Waals surface area (Å²) >= 11 is 0. The predicted octanol–water partition coefficient (Wildman–Crippen LogP) is 3.32. The number of nitrogens with two attached hydrogens (primary N) is 1. The maximum absolute atomic E-state index is 14.1. The largest absolute Gasteiger partial charge is 0.481 e. The minimum Gasteiger partial charge on any atom is -0.481 e. The van der Waals surface area contributed by atoms with Crippen molar-refractivity contribution in [2.75, 3.05) is 44.4 Å². The van der Waals surface area contributed by atoms with Crippen LogP contribution in [-0.4, -0.2) is 83.4 Å². The van der Waals surface area contributed by atoms with Gasteiger partial charge in [0.05, 0.1) is 19.1 Å². The molecule has 2 aromatic carbocycles. The molecular formula is C34H46N4O7. The predicted molar refractivity (Wildman–Crippen MR) is 169 cm³/mol. The normalized spacial score (nSPS) is 22.3. The molecule has 3 heterocycles. The number of nitrogens with zero attached hydrogens (tertiary/aromatic N) is 3. The van der Waals surface area contributed by atoms with Gasteiger partial charge in [0.25, 0.3) is 0 Å². The number of unbranched alkanes of at least 4 members (excludes halogenated alkanes) is 1. The average molecular weight is 623 g/mol. The number of hydrogen-bond donors (Lipinski definition) is 3. The zero-order valence-electron chi connectivity index (χ0n) is 26.5. The Labute approximate surface area is 264 Å². The third-order valence-corrected chi connectivity index (χ3v) is 9.33. The van der Waals surface area contributed by atoms with E-state index in [1.165, 1.54) is 0 Å². The molecule has 2 fully saturated rings. The molecule has 11 nitrogen and oxygen atoms in total. The molecule has 0 aliphatic carbocycles. The molecular weight excluding hydrogens is 576 g/mol. The van der Waals surface area contributed by atoms with Gasteiger partial charge in [-0.2, -0.15) is 0 Å². The number of ether oxygens (including phenoxy) is 2. The highest BCUT2D eigenvalue weighted by molar-refractivity contribution is 5.95. The van der Waals surface area contributed by atoms with Crippen LogP contribution in [0.2, 0.25) is 0 Å². The van der Waals surface area contributed by atoms with Crippen LogP contribution in [0.5, 0.6) is 11.5 Å². The van der Waals surface area contributed by atoms with E-state index in [4.69, 9.17) is 15.2 Å². The molecule has 0 saturated carbocycles. The average Bonchev–Trinajstić information content (AvgIpc) is 3.70. The van der Waals surface area contributed by atoms with Gasteiger partial charge >= 0.3 is 5.97 Å². The van der Waals surface area contributed by atoms with Crippen LogP contribution in [0.15, 0.2) is 36.4 Å². The van der Waals surface area contributed by atoms with E-state index in [1.807, 2.05) is 34.1 Å². The van der Waals surface area contributed by atoms with Crippen LogP contribution in [0.4, 0.5) is 5.69 Å². The van der Waals surface area contributed by atoms with E-state index in [9.17, 15) is 24.6 Å². The summed E-state index contributed by atoms with van der Waals surface area (Å²) in [5.74, 6) is -1.39. The molecule has 3 aliphatic rings. The molecule has 0 bridgehead atoms. The van der Waals surface area contributed by atoms with Crippen molar-refractivity contribution in [1.29, 1.82) is 0 Å². The second kappa shape index (κ2) is 13.8. The summed E-state index contributed by atoms with van der Waals surface area (Å²) in [4.78, 5) is 45.5. The first-order chi connectivity index (χ1) is 21.5. The molecule has 45 heavy (non-hydrogen) atoms. The smallest absolute Gasteiger partial charge is 0.308 e. The zero-order chi connectivity index (χ0) is 32.3. The fraction of sp³-hybridized carbons (Fsp3) is 0.559. The number of aliphatic carboxylic acids is 1. The van der Waals surface area contributed by atoms with Crippen molar-refractivity contribution in [2.45, 2.75) is 71.6 Å². The second-order valence-electron chi connectivity index (χ2n) is 13.3. The molecule has 0 unspecified atom stereocenters. The Balaban J connectivity index is 1.47. The molecule has 11 heteroatoms. The number of rotatable bonds is 13. The number of carbonyl (C=O) groups excluding carboxylic acids is 2. The Bertz CT molecular complexity index is 1410.